The fourth-order valence-electron chi connectivity index (χ4n) is 5.61. The zero-order valence-electron chi connectivity index (χ0n) is 20.0. The summed E-state index contributed by atoms with van der Waals surface area (Å²) in [5.74, 6) is -0.0502. The topological polar surface area (TPSA) is 75.9 Å². The Balaban J connectivity index is 1.11. The molecule has 36 heavy (non-hydrogen) atoms. The van der Waals surface area contributed by atoms with Crippen molar-refractivity contribution >= 4 is 16.7 Å². The van der Waals surface area contributed by atoms with E-state index in [1.807, 2.05) is 34.0 Å². The lowest BCUT2D eigenvalue weighted by atomic mass is 9.89. The second-order valence-electron chi connectivity index (χ2n) is 10.5. The fraction of sp³-hybridized carbons (Fsp3) is 0.538. The Bertz CT molecular complexity index is 1290. The second-order valence-corrected chi connectivity index (χ2v) is 10.5. The molecule has 0 atom stereocenters. The Hall–Kier alpha value is -2.85. The van der Waals surface area contributed by atoms with E-state index in [4.69, 9.17) is 0 Å². The van der Waals surface area contributed by atoms with Crippen LogP contribution in [0.25, 0.3) is 22.0 Å². The van der Waals surface area contributed by atoms with Gasteiger partial charge in [-0.25, -0.2) is 0 Å². The van der Waals surface area contributed by atoms with Crippen LogP contribution in [0.5, 0.6) is 0 Å². The normalized spacial score (nSPS) is 20.4. The molecule has 0 radical (unpaired) electrons. The largest absolute Gasteiger partial charge is 0.395 e. The Morgan fingerprint density at radius 1 is 1.11 bits per heavy atom. The van der Waals surface area contributed by atoms with Gasteiger partial charge in [-0.3, -0.25) is 9.48 Å². The number of hydrogen-bond donors (Lipinski definition) is 1. The van der Waals surface area contributed by atoms with Crippen LogP contribution in [0.3, 0.4) is 0 Å². The molecule has 0 bridgehead atoms. The minimum absolute atomic E-state index is 0.0621. The van der Waals surface area contributed by atoms with Gasteiger partial charge in [-0.1, -0.05) is 6.07 Å². The molecule has 0 unspecified atom stereocenters. The van der Waals surface area contributed by atoms with Gasteiger partial charge in [0.1, 0.15) is 5.78 Å². The number of carbonyl (C=O) groups excluding carboxylic acids is 1. The smallest absolute Gasteiger partial charge is 0.309 e. The van der Waals surface area contributed by atoms with Gasteiger partial charge in [0.2, 0.25) is 0 Å². The number of hydrogen-bond acceptors (Lipinski definition) is 6. The fourth-order valence-corrected chi connectivity index (χ4v) is 5.61. The van der Waals surface area contributed by atoms with Crippen LogP contribution >= 0.6 is 0 Å². The molecule has 1 saturated heterocycles. The van der Waals surface area contributed by atoms with Crippen LogP contribution < -0.4 is 5.32 Å². The standard InChI is InChI=1S/C26H29F3N6O/c27-26(28,29)25(5-6-25)16-34-8-3-17(4-9-34)24(36)13-20-12-19-11-18(1-2-22(19)33-32-20)21-14-31-35-10-7-30-15-23(21)35/h1-2,11-12,14,17,30H,3-10,13,15-16H2. The predicted molar refractivity (Wildman–Crippen MR) is 128 cm³/mol. The number of piperidine rings is 1. The molecule has 6 rings (SSSR count). The predicted octanol–water partition coefficient (Wildman–Crippen LogP) is 3.76. The molecule has 2 aliphatic heterocycles. The zero-order valence-corrected chi connectivity index (χ0v) is 20.0. The zero-order chi connectivity index (χ0) is 24.9. The molecule has 0 amide bonds. The third-order valence-corrected chi connectivity index (χ3v) is 8.07. The lowest BCUT2D eigenvalue weighted by molar-refractivity contribution is -0.192. The van der Waals surface area contributed by atoms with Crippen LogP contribution in [-0.2, 0) is 24.3 Å². The molecule has 190 valence electrons. The van der Waals surface area contributed by atoms with E-state index in [1.54, 1.807) is 0 Å². The van der Waals surface area contributed by atoms with Gasteiger partial charge in [0, 0.05) is 36.5 Å². The van der Waals surface area contributed by atoms with Crippen molar-refractivity contribution in [2.75, 3.05) is 26.2 Å². The number of Topliss-reactive ketones (excluding diaryl/α,β-unsaturated/α-hetero) is 1. The summed E-state index contributed by atoms with van der Waals surface area (Å²) in [4.78, 5) is 14.9. The number of ketones is 1. The first-order valence-electron chi connectivity index (χ1n) is 12.7. The molecule has 2 aromatic heterocycles. The summed E-state index contributed by atoms with van der Waals surface area (Å²) in [6, 6.07) is 7.95. The first-order valence-corrected chi connectivity index (χ1v) is 12.7. The molecule has 10 heteroatoms. The number of fused-ring (bicyclic) bond motifs is 2. The highest BCUT2D eigenvalue weighted by Gasteiger charge is 2.63. The first kappa shape index (κ1) is 23.5. The molecular formula is C26H29F3N6O. The van der Waals surface area contributed by atoms with Crippen molar-refractivity contribution in [3.8, 4) is 11.1 Å². The van der Waals surface area contributed by atoms with E-state index in [0.29, 0.717) is 31.6 Å². The van der Waals surface area contributed by atoms with Crippen molar-refractivity contribution in [3.05, 3.63) is 41.9 Å². The number of carbonyl (C=O) groups is 1. The summed E-state index contributed by atoms with van der Waals surface area (Å²) in [6.45, 7) is 3.66. The number of halogens is 3. The van der Waals surface area contributed by atoms with Crippen LogP contribution in [0, 0.1) is 11.3 Å². The Morgan fingerprint density at radius 2 is 1.92 bits per heavy atom. The maximum atomic E-state index is 13.3. The maximum Gasteiger partial charge on any atom is 0.395 e. The van der Waals surface area contributed by atoms with Gasteiger partial charge in [-0.2, -0.15) is 28.5 Å². The van der Waals surface area contributed by atoms with Gasteiger partial charge < -0.3 is 10.2 Å². The van der Waals surface area contributed by atoms with E-state index in [9.17, 15) is 18.0 Å². The van der Waals surface area contributed by atoms with Crippen molar-refractivity contribution in [1.82, 2.24) is 30.2 Å². The van der Waals surface area contributed by atoms with E-state index < -0.39 is 11.6 Å². The van der Waals surface area contributed by atoms with E-state index in [-0.39, 0.29) is 37.5 Å². The quantitative estimate of drug-likeness (QED) is 0.558. The second kappa shape index (κ2) is 8.92. The first-order chi connectivity index (χ1) is 17.3. The summed E-state index contributed by atoms with van der Waals surface area (Å²) < 4.78 is 41.9. The molecule has 1 saturated carbocycles. The number of nitrogens with zero attached hydrogens (tertiary/aromatic N) is 5. The minimum atomic E-state index is -4.14. The number of alkyl halides is 3. The van der Waals surface area contributed by atoms with E-state index in [0.717, 1.165) is 47.4 Å². The van der Waals surface area contributed by atoms with Crippen molar-refractivity contribution < 1.29 is 18.0 Å². The number of benzene rings is 1. The monoisotopic (exact) mass is 498 g/mol. The van der Waals surface area contributed by atoms with Gasteiger partial charge in [0.05, 0.1) is 41.5 Å². The van der Waals surface area contributed by atoms with Gasteiger partial charge in [-0.15, -0.1) is 0 Å². The maximum absolute atomic E-state index is 13.3. The van der Waals surface area contributed by atoms with Crippen LogP contribution in [0.4, 0.5) is 13.2 Å². The van der Waals surface area contributed by atoms with Crippen molar-refractivity contribution in [3.63, 3.8) is 0 Å². The third kappa shape index (κ3) is 4.41. The van der Waals surface area contributed by atoms with Gasteiger partial charge in [-0.05, 0) is 62.5 Å². The Kier molecular flexibility index (Phi) is 5.83. The lowest BCUT2D eigenvalue weighted by Crippen LogP contribution is -2.43. The summed E-state index contributed by atoms with van der Waals surface area (Å²) in [7, 11) is 0. The van der Waals surface area contributed by atoms with Crippen molar-refractivity contribution in [1.29, 1.82) is 0 Å². The average Bonchev–Trinajstić information content (AvgIpc) is 3.54. The van der Waals surface area contributed by atoms with E-state index in [1.165, 1.54) is 0 Å². The molecule has 0 spiro atoms. The summed E-state index contributed by atoms with van der Waals surface area (Å²) >= 11 is 0. The minimum Gasteiger partial charge on any atom is -0.309 e. The van der Waals surface area contributed by atoms with Crippen molar-refractivity contribution in [2.24, 2.45) is 11.3 Å². The summed E-state index contributed by atoms with van der Waals surface area (Å²) in [5.41, 5.74) is 3.17. The molecular weight excluding hydrogens is 469 g/mol. The lowest BCUT2D eigenvalue weighted by Gasteiger charge is -2.34. The highest BCUT2D eigenvalue weighted by molar-refractivity contribution is 5.87. The molecule has 1 aliphatic carbocycles. The van der Waals surface area contributed by atoms with Gasteiger partial charge >= 0.3 is 6.18 Å². The molecule has 7 nitrogen and oxygen atoms in total. The highest BCUT2D eigenvalue weighted by atomic mass is 19.4. The van der Waals surface area contributed by atoms with Crippen LogP contribution in [0.1, 0.15) is 37.1 Å². The van der Waals surface area contributed by atoms with Crippen LogP contribution in [-0.4, -0.2) is 63.0 Å². The Morgan fingerprint density at radius 3 is 2.67 bits per heavy atom. The summed E-state index contributed by atoms with van der Waals surface area (Å²) in [5, 5.41) is 17.4. The van der Waals surface area contributed by atoms with Crippen LogP contribution in [0.2, 0.25) is 0 Å². The molecule has 1 N–H and O–H groups in total. The summed E-state index contributed by atoms with van der Waals surface area (Å²) in [6.07, 6.45) is -0.414. The number of aromatic nitrogens is 4. The van der Waals surface area contributed by atoms with Crippen LogP contribution in [0.15, 0.2) is 30.5 Å². The SMILES string of the molecule is O=C(Cc1cc2cc(-c3cnn4c3CNCC4)ccc2nn1)C1CCN(CC2(C(F)(F)F)CC2)CC1. The average molecular weight is 499 g/mol. The highest BCUT2D eigenvalue weighted by Crippen LogP contribution is 2.58. The number of likely N-dealkylation sites (tertiary alicyclic amines) is 1. The van der Waals surface area contributed by atoms with E-state index in [2.05, 4.69) is 26.7 Å². The third-order valence-electron chi connectivity index (χ3n) is 8.07. The number of nitrogens with one attached hydrogen (secondary N) is 1. The molecule has 2 fully saturated rings. The molecule has 4 heterocycles. The molecule has 3 aromatic rings. The molecule has 1 aromatic carbocycles. The van der Waals surface area contributed by atoms with Gasteiger partial charge in [0.25, 0.3) is 0 Å². The Labute approximate surface area is 207 Å². The van der Waals surface area contributed by atoms with E-state index >= 15 is 0 Å². The molecule has 3 aliphatic rings. The van der Waals surface area contributed by atoms with Gasteiger partial charge in [0.15, 0.2) is 0 Å². The number of rotatable bonds is 6. The van der Waals surface area contributed by atoms with Crippen molar-refractivity contribution in [2.45, 2.75) is 51.4 Å².